The van der Waals surface area contributed by atoms with Crippen LogP contribution < -0.4 is 0 Å². The smallest absolute Gasteiger partial charge is 0.235 e. The maximum atomic E-state index is 5.60. The van der Waals surface area contributed by atoms with Crippen LogP contribution in [0.3, 0.4) is 0 Å². The monoisotopic (exact) mass is 716 g/mol. The van der Waals surface area contributed by atoms with Gasteiger partial charge in [0.2, 0.25) is 5.95 Å². The second-order valence-electron chi connectivity index (χ2n) is 14.6. The Balaban J connectivity index is 1.23. The molecular weight excluding hydrogens is 689 g/mol. The first-order valence-electron chi connectivity index (χ1n) is 18.7. The molecule has 5 aromatic heterocycles. The van der Waals surface area contributed by atoms with Crippen LogP contribution in [0.1, 0.15) is 0 Å². The van der Waals surface area contributed by atoms with Crippen molar-refractivity contribution in [3.8, 4) is 28.3 Å². The minimum atomic E-state index is 0.674. The molecule has 8 aromatic carbocycles. The molecule has 0 aliphatic carbocycles. The summed E-state index contributed by atoms with van der Waals surface area (Å²) in [6.45, 7) is 0. The van der Waals surface area contributed by atoms with Gasteiger partial charge in [-0.2, -0.15) is 0 Å². The van der Waals surface area contributed by atoms with Gasteiger partial charge in [0, 0.05) is 48.0 Å². The average Bonchev–Trinajstić information content (AvgIpc) is 3.98. The predicted octanol–water partition coefficient (Wildman–Crippen LogP) is 13.6. The van der Waals surface area contributed by atoms with E-state index < -0.39 is 0 Å². The second-order valence-corrected chi connectivity index (χ2v) is 15.6. The van der Waals surface area contributed by atoms with Gasteiger partial charge in [0.15, 0.2) is 0 Å². The number of fused-ring (bicyclic) bond motifs is 14. The summed E-state index contributed by atoms with van der Waals surface area (Å²) in [6.07, 6.45) is 0. The predicted molar refractivity (Wildman–Crippen MR) is 232 cm³/mol. The van der Waals surface area contributed by atoms with E-state index in [9.17, 15) is 0 Å². The number of thiophene rings is 1. The number of aromatic nitrogens is 4. The van der Waals surface area contributed by atoms with Crippen LogP contribution in [0.4, 0.5) is 0 Å². The SMILES string of the molecule is c1ccc(-c2ccc3c(c2)c2c4c5ccccc5n5c6ccccc6c(cc2n3-c2nc(-c3ccc6ccccc6c3)c3sc6ccccc6c3n2)c45)cc1. The van der Waals surface area contributed by atoms with Gasteiger partial charge in [-0.15, -0.1) is 11.3 Å². The Morgan fingerprint density at radius 1 is 0.418 bits per heavy atom. The van der Waals surface area contributed by atoms with Crippen LogP contribution in [0, 0.1) is 0 Å². The maximum Gasteiger partial charge on any atom is 0.235 e. The first-order valence-corrected chi connectivity index (χ1v) is 19.5. The fourth-order valence-electron chi connectivity index (χ4n) is 9.25. The third-order valence-electron chi connectivity index (χ3n) is 11.6. The van der Waals surface area contributed by atoms with Gasteiger partial charge in [-0.1, -0.05) is 127 Å². The summed E-state index contributed by atoms with van der Waals surface area (Å²) in [5, 5.41) is 11.0. The summed E-state index contributed by atoms with van der Waals surface area (Å²) >= 11 is 1.77. The molecule has 0 atom stereocenters. The molecule has 0 bridgehead atoms. The van der Waals surface area contributed by atoms with Crippen LogP contribution in [0.25, 0.3) is 119 Å². The van der Waals surface area contributed by atoms with E-state index in [-0.39, 0.29) is 0 Å². The van der Waals surface area contributed by atoms with Crippen molar-refractivity contribution in [2.45, 2.75) is 0 Å². The molecule has 5 heterocycles. The Bertz CT molecular complexity index is 3720. The molecule has 5 heteroatoms. The highest BCUT2D eigenvalue weighted by atomic mass is 32.1. The van der Waals surface area contributed by atoms with Crippen LogP contribution >= 0.6 is 11.3 Å². The molecule has 0 aliphatic heterocycles. The summed E-state index contributed by atoms with van der Waals surface area (Å²) < 4.78 is 7.11. The Hall–Kier alpha value is -7.08. The zero-order chi connectivity index (χ0) is 35.8. The van der Waals surface area contributed by atoms with Gasteiger partial charge in [-0.3, -0.25) is 4.57 Å². The summed E-state index contributed by atoms with van der Waals surface area (Å²) in [5.74, 6) is 0.674. The minimum absolute atomic E-state index is 0.674. The van der Waals surface area contributed by atoms with Crippen LogP contribution in [0.15, 0.2) is 170 Å². The van der Waals surface area contributed by atoms with Gasteiger partial charge >= 0.3 is 0 Å². The van der Waals surface area contributed by atoms with Gasteiger partial charge in [-0.05, 0) is 64.4 Å². The van der Waals surface area contributed by atoms with E-state index in [4.69, 9.17) is 9.97 Å². The summed E-state index contributed by atoms with van der Waals surface area (Å²) in [5.41, 5.74) is 11.3. The normalized spacial score (nSPS) is 12.4. The maximum absolute atomic E-state index is 5.60. The lowest BCUT2D eigenvalue weighted by Crippen LogP contribution is -2.02. The number of rotatable bonds is 3. The lowest BCUT2D eigenvalue weighted by molar-refractivity contribution is 1.02. The molecule has 0 unspecified atom stereocenters. The quantitative estimate of drug-likeness (QED) is 0.182. The largest absolute Gasteiger partial charge is 0.308 e. The van der Waals surface area contributed by atoms with E-state index in [0.717, 1.165) is 37.9 Å². The molecule has 55 heavy (non-hydrogen) atoms. The van der Waals surface area contributed by atoms with Crippen molar-refractivity contribution in [2.24, 2.45) is 0 Å². The number of hydrogen-bond acceptors (Lipinski definition) is 3. The number of benzene rings is 8. The highest BCUT2D eigenvalue weighted by Gasteiger charge is 2.26. The lowest BCUT2D eigenvalue weighted by Gasteiger charge is -2.11. The van der Waals surface area contributed by atoms with Crippen molar-refractivity contribution < 1.29 is 0 Å². The first-order chi connectivity index (χ1) is 27.3. The lowest BCUT2D eigenvalue weighted by atomic mass is 9.99. The topological polar surface area (TPSA) is 35.1 Å². The standard InChI is InChI=1S/C50H28N4S/c1-2-12-29(13-3-1)32-24-25-41-38(27-32)44-42(28-37-34-16-6-9-19-39(34)53-40-20-10-7-17-35(40)45(44)48(37)53)54(41)50-51-46(33-23-22-30-14-4-5-15-31(30)26-33)49-47(52-50)36-18-8-11-21-43(36)55-49/h1-28H. The molecule has 0 N–H and O–H groups in total. The van der Waals surface area contributed by atoms with Crippen LogP contribution in [0.2, 0.25) is 0 Å². The van der Waals surface area contributed by atoms with E-state index in [1.54, 1.807) is 11.3 Å². The molecule has 0 radical (unpaired) electrons. The van der Waals surface area contributed by atoms with Crippen LogP contribution in [-0.4, -0.2) is 18.9 Å². The Labute approximate surface area is 318 Å². The number of hydrogen-bond donors (Lipinski definition) is 0. The first kappa shape index (κ1) is 29.4. The molecule has 0 aliphatic rings. The van der Waals surface area contributed by atoms with E-state index in [1.807, 2.05) is 0 Å². The van der Waals surface area contributed by atoms with Crippen molar-refractivity contribution in [3.63, 3.8) is 0 Å². The Morgan fingerprint density at radius 3 is 2.00 bits per heavy atom. The minimum Gasteiger partial charge on any atom is -0.308 e. The molecule has 13 aromatic rings. The van der Waals surface area contributed by atoms with Gasteiger partial charge < -0.3 is 4.40 Å². The number of nitrogens with zero attached hydrogens (tertiary/aromatic N) is 4. The highest BCUT2D eigenvalue weighted by Crippen LogP contribution is 2.48. The van der Waals surface area contributed by atoms with E-state index in [0.29, 0.717) is 5.95 Å². The average molecular weight is 717 g/mol. The zero-order valence-corrected chi connectivity index (χ0v) is 30.2. The molecule has 0 spiro atoms. The summed E-state index contributed by atoms with van der Waals surface area (Å²) in [7, 11) is 0. The van der Waals surface area contributed by atoms with Crippen LogP contribution in [0.5, 0.6) is 0 Å². The van der Waals surface area contributed by atoms with E-state index >= 15 is 0 Å². The van der Waals surface area contributed by atoms with Crippen molar-refractivity contribution in [1.29, 1.82) is 0 Å². The van der Waals surface area contributed by atoms with E-state index in [1.165, 1.54) is 75.5 Å². The van der Waals surface area contributed by atoms with Crippen molar-refractivity contribution in [1.82, 2.24) is 18.9 Å². The Morgan fingerprint density at radius 2 is 1.13 bits per heavy atom. The highest BCUT2D eigenvalue weighted by molar-refractivity contribution is 7.26. The van der Waals surface area contributed by atoms with Crippen LogP contribution in [-0.2, 0) is 0 Å². The van der Waals surface area contributed by atoms with Gasteiger partial charge in [0.1, 0.15) is 0 Å². The molecule has 0 saturated heterocycles. The molecule has 13 rings (SSSR count). The van der Waals surface area contributed by atoms with Gasteiger partial charge in [0.25, 0.3) is 0 Å². The molecule has 254 valence electrons. The van der Waals surface area contributed by atoms with Gasteiger partial charge in [-0.25, -0.2) is 9.97 Å². The third-order valence-corrected chi connectivity index (χ3v) is 12.8. The molecular formula is C50H28N4S. The fourth-order valence-corrected chi connectivity index (χ4v) is 10.4. The summed E-state index contributed by atoms with van der Waals surface area (Å²) in [4.78, 5) is 11.1. The molecule has 4 nitrogen and oxygen atoms in total. The molecule has 0 saturated carbocycles. The van der Waals surface area contributed by atoms with Crippen molar-refractivity contribution in [2.75, 3.05) is 0 Å². The molecule has 0 amide bonds. The van der Waals surface area contributed by atoms with E-state index in [2.05, 4.69) is 179 Å². The zero-order valence-electron chi connectivity index (χ0n) is 29.4. The third kappa shape index (κ3) is 3.94. The molecule has 0 fully saturated rings. The van der Waals surface area contributed by atoms with Gasteiger partial charge in [0.05, 0.1) is 43.5 Å². The number of para-hydroxylation sites is 2. The Kier molecular flexibility index (Phi) is 5.74. The van der Waals surface area contributed by atoms with Crippen molar-refractivity contribution in [3.05, 3.63) is 170 Å². The van der Waals surface area contributed by atoms with Crippen molar-refractivity contribution >= 4 is 102 Å². The second kappa shape index (κ2) is 10.8. The summed E-state index contributed by atoms with van der Waals surface area (Å²) in [6, 6.07) is 61.6. The fraction of sp³-hybridized carbons (Fsp3) is 0.